The Kier molecular flexibility index (Phi) is 18.3. The quantitative estimate of drug-likeness (QED) is 0.156. The highest BCUT2D eigenvalue weighted by Gasteiger charge is 2.38. The number of hydrogen-bond donors (Lipinski definition) is 0. The highest BCUT2D eigenvalue weighted by molar-refractivity contribution is 8.00. The van der Waals surface area contributed by atoms with E-state index in [-0.39, 0.29) is 22.1 Å². The SMILES string of the molecule is CC(C)Cc1cccc2c1Sc1cc3c(cc1N2C)C(C)(C)c1ccccc1-3.CC(C)c1cccc2c1Sc1c(ccc3c(F)c4ccccc4cc13)N2C.CCC(C)(C)c1ccc2c(c1)N(C)c1cc3ccccc3cc1S2.CN1c2ccc(C(C)(C)C)cc2Sc2c1ccc1ccccc21. The van der Waals surface area contributed by atoms with Gasteiger partial charge in [0, 0.05) is 88.9 Å². The van der Waals surface area contributed by atoms with Crippen molar-refractivity contribution < 1.29 is 4.39 Å². The van der Waals surface area contributed by atoms with Crippen LogP contribution in [0.3, 0.4) is 0 Å². The monoisotopic (exact) mass is 1410 g/mol. The van der Waals surface area contributed by atoms with E-state index in [4.69, 9.17) is 0 Å². The van der Waals surface area contributed by atoms with Crippen molar-refractivity contribution in [3.8, 4) is 11.1 Å². The first-order valence-corrected chi connectivity index (χ1v) is 39.3. The minimum absolute atomic E-state index is 0.0478. The summed E-state index contributed by atoms with van der Waals surface area (Å²) in [6.07, 6.45) is 2.27. The third-order valence-corrected chi connectivity index (χ3v) is 26.6. The topological polar surface area (TPSA) is 13.0 Å². The molecule has 13 aromatic rings. The van der Waals surface area contributed by atoms with Crippen LogP contribution < -0.4 is 19.6 Å². The molecule has 0 spiro atoms. The summed E-state index contributed by atoms with van der Waals surface area (Å²) < 4.78 is 15.2. The molecule has 0 amide bonds. The molecule has 13 aromatic carbocycles. The average molecular weight is 1410 g/mol. The van der Waals surface area contributed by atoms with Crippen molar-refractivity contribution in [2.75, 3.05) is 47.8 Å². The molecule has 0 unspecified atom stereocenters. The van der Waals surface area contributed by atoms with Gasteiger partial charge in [-0.05, 0) is 192 Å². The van der Waals surface area contributed by atoms with E-state index in [0.29, 0.717) is 22.6 Å². The third kappa shape index (κ3) is 12.3. The molecule has 0 saturated heterocycles. The van der Waals surface area contributed by atoms with Gasteiger partial charge < -0.3 is 19.6 Å². The van der Waals surface area contributed by atoms with Gasteiger partial charge in [-0.25, -0.2) is 4.39 Å². The Bertz CT molecular complexity index is 5490. The molecule has 0 radical (unpaired) electrons. The van der Waals surface area contributed by atoms with E-state index in [0.717, 1.165) is 34.2 Å². The molecule has 0 atom stereocenters. The van der Waals surface area contributed by atoms with Crippen LogP contribution in [0.5, 0.6) is 0 Å². The molecule has 18 rings (SSSR count). The van der Waals surface area contributed by atoms with E-state index in [1.165, 1.54) is 140 Å². The van der Waals surface area contributed by atoms with Crippen LogP contribution in [0.15, 0.2) is 264 Å². The Morgan fingerprint density at radius 2 is 0.931 bits per heavy atom. The zero-order chi connectivity index (χ0) is 71.4. The number of rotatable bonds is 5. The number of hydrogen-bond acceptors (Lipinski definition) is 8. The van der Waals surface area contributed by atoms with Gasteiger partial charge in [0.2, 0.25) is 0 Å². The van der Waals surface area contributed by atoms with Crippen LogP contribution in [0, 0.1) is 11.7 Å². The van der Waals surface area contributed by atoms with Crippen molar-refractivity contribution in [2.45, 2.75) is 157 Å². The predicted molar refractivity (Wildman–Crippen MR) is 442 cm³/mol. The minimum Gasteiger partial charge on any atom is -0.343 e. The molecule has 0 fully saturated rings. The zero-order valence-corrected chi connectivity index (χ0v) is 65.0. The Hall–Kier alpha value is -8.57. The van der Waals surface area contributed by atoms with E-state index in [2.05, 4.69) is 319 Å². The van der Waals surface area contributed by atoms with Crippen molar-refractivity contribution in [3.05, 3.63) is 264 Å². The van der Waals surface area contributed by atoms with Gasteiger partial charge in [0.25, 0.3) is 0 Å². The van der Waals surface area contributed by atoms with Crippen LogP contribution >= 0.6 is 47.0 Å². The number of halogens is 1. The average Bonchev–Trinajstić information content (AvgIpc) is 1.65. The molecular weight excluding hydrogens is 1320 g/mol. The Balaban J connectivity index is 0.000000110. The minimum atomic E-state index is -0.128. The maximum Gasteiger partial charge on any atom is 0.138 e. The highest BCUT2D eigenvalue weighted by Crippen LogP contribution is 2.58. The molecule has 0 saturated carbocycles. The van der Waals surface area contributed by atoms with E-state index in [1.807, 2.05) is 71.7 Å². The van der Waals surface area contributed by atoms with Gasteiger partial charge >= 0.3 is 0 Å². The molecule has 514 valence electrons. The lowest BCUT2D eigenvalue weighted by Gasteiger charge is -2.33. The van der Waals surface area contributed by atoms with Crippen LogP contribution in [-0.2, 0) is 22.7 Å². The number of anilines is 8. The molecule has 102 heavy (non-hydrogen) atoms. The van der Waals surface area contributed by atoms with Gasteiger partial charge in [-0.2, -0.15) is 0 Å². The van der Waals surface area contributed by atoms with Crippen LogP contribution in [0.4, 0.5) is 49.9 Å². The van der Waals surface area contributed by atoms with Gasteiger partial charge in [0.1, 0.15) is 5.82 Å². The normalized spacial score (nSPS) is 14.2. The second-order valence-corrected chi connectivity index (χ2v) is 35.2. The van der Waals surface area contributed by atoms with Gasteiger partial charge in [-0.15, -0.1) is 0 Å². The van der Waals surface area contributed by atoms with Crippen molar-refractivity contribution in [1.82, 2.24) is 0 Å². The summed E-state index contributed by atoms with van der Waals surface area (Å²) in [5.74, 6) is 0.971. The van der Waals surface area contributed by atoms with Crippen LogP contribution in [0.1, 0.15) is 129 Å². The van der Waals surface area contributed by atoms with E-state index >= 15 is 4.39 Å². The van der Waals surface area contributed by atoms with E-state index in [9.17, 15) is 0 Å². The summed E-state index contributed by atoms with van der Waals surface area (Å²) in [7, 11) is 8.68. The standard InChI is InChI=1S/C26H27NS.C24H20FNS.C22H23NS.C21H21NS/c1-16(2)13-17-9-8-12-22-25(17)28-24-14-19-18-10-6-7-11-20(18)26(3,4)21(19)15-23(24)27(22)5;1-14(2)16-9-6-10-20-23(16)27-24-19-13-15-7-4-5-8-17(15)22(25)18(19)11-12-21(24)26(20)3;1-5-22(2,3)17-10-11-20-19(14-17)23(4)18-12-15-8-6-7-9-16(15)13-21(18)24-20;1-21(2,3)15-10-12-17-19(13-15)23-20-16-8-6-5-7-14(16)9-11-18(20)22(17)4/h6-12,14-16H,13H2,1-5H3;4-14H,1-3H3;6-14H,5H2,1-4H3;5-13H,1-4H3. The summed E-state index contributed by atoms with van der Waals surface area (Å²) in [5, 5.41) is 8.57. The summed E-state index contributed by atoms with van der Waals surface area (Å²) in [5.41, 5.74) is 22.0. The third-order valence-electron chi connectivity index (χ3n) is 21.8. The van der Waals surface area contributed by atoms with Gasteiger partial charge in [-0.1, -0.05) is 270 Å². The molecular formula is C93H91FN4S4. The molecule has 4 aliphatic heterocycles. The molecule has 0 aromatic heterocycles. The molecule has 9 heteroatoms. The Morgan fingerprint density at radius 1 is 0.382 bits per heavy atom. The smallest absolute Gasteiger partial charge is 0.138 e. The van der Waals surface area contributed by atoms with E-state index < -0.39 is 0 Å². The molecule has 0 bridgehead atoms. The van der Waals surface area contributed by atoms with Crippen molar-refractivity contribution in [2.24, 2.45) is 5.92 Å². The number of benzene rings is 13. The fourth-order valence-corrected chi connectivity index (χ4v) is 20.6. The second-order valence-electron chi connectivity index (χ2n) is 31.0. The summed E-state index contributed by atoms with van der Waals surface area (Å²) in [6, 6.07) is 81.1. The largest absolute Gasteiger partial charge is 0.343 e. The highest BCUT2D eigenvalue weighted by atomic mass is 32.2. The molecule has 5 aliphatic rings. The van der Waals surface area contributed by atoms with Crippen molar-refractivity contribution >= 4 is 136 Å². The maximum absolute atomic E-state index is 15.2. The first kappa shape index (κ1) is 69.2. The second kappa shape index (κ2) is 26.9. The lowest BCUT2D eigenvalue weighted by Crippen LogP contribution is -2.19. The van der Waals surface area contributed by atoms with Crippen LogP contribution in [0.2, 0.25) is 0 Å². The molecule has 0 N–H and O–H groups in total. The van der Waals surface area contributed by atoms with Crippen molar-refractivity contribution in [3.63, 3.8) is 0 Å². The number of fused-ring (bicyclic) bond motifs is 17. The fraction of sp³-hybridized carbons (Fsp3) is 0.247. The van der Waals surface area contributed by atoms with E-state index in [1.54, 1.807) is 11.8 Å². The predicted octanol–water partition coefficient (Wildman–Crippen LogP) is 28.0. The zero-order valence-electron chi connectivity index (χ0n) is 61.7. The summed E-state index contributed by atoms with van der Waals surface area (Å²) >= 11 is 7.52. The molecule has 4 heterocycles. The fourth-order valence-electron chi connectivity index (χ4n) is 15.3. The Labute approximate surface area is 621 Å². The molecule has 1 aliphatic carbocycles. The van der Waals surface area contributed by atoms with Gasteiger partial charge in [0.05, 0.1) is 45.5 Å². The Morgan fingerprint density at radius 3 is 1.66 bits per heavy atom. The maximum atomic E-state index is 15.2. The summed E-state index contributed by atoms with van der Waals surface area (Å²) in [6.45, 7) is 27.5. The van der Waals surface area contributed by atoms with Gasteiger partial charge in [0.15, 0.2) is 0 Å². The summed E-state index contributed by atoms with van der Waals surface area (Å²) in [4.78, 5) is 19.9. The van der Waals surface area contributed by atoms with Crippen LogP contribution in [-0.4, -0.2) is 28.2 Å². The first-order chi connectivity index (χ1) is 48.9. The lowest BCUT2D eigenvalue weighted by molar-refractivity contribution is 0.506. The van der Waals surface area contributed by atoms with Crippen molar-refractivity contribution in [1.29, 1.82) is 0 Å². The van der Waals surface area contributed by atoms with Gasteiger partial charge in [-0.3, -0.25) is 0 Å². The molecule has 4 nitrogen and oxygen atoms in total. The van der Waals surface area contributed by atoms with Crippen LogP contribution in [0.25, 0.3) is 54.2 Å². The number of nitrogens with zero attached hydrogens (tertiary/aromatic N) is 4. The first-order valence-electron chi connectivity index (χ1n) is 36.1. The lowest BCUT2D eigenvalue weighted by atomic mass is 9.82.